The highest BCUT2D eigenvalue weighted by molar-refractivity contribution is 6.41. The number of amides is 1. The summed E-state index contributed by atoms with van der Waals surface area (Å²) < 4.78 is 0. The van der Waals surface area contributed by atoms with Gasteiger partial charge in [0.25, 0.3) is 0 Å². The Morgan fingerprint density at radius 2 is 1.88 bits per heavy atom. The van der Waals surface area contributed by atoms with Gasteiger partial charge in [-0.2, -0.15) is 0 Å². The van der Waals surface area contributed by atoms with Crippen LogP contribution in [0.5, 0.6) is 0 Å². The molecule has 1 aliphatic rings. The Morgan fingerprint density at radius 3 is 2.35 bits per heavy atom. The van der Waals surface area contributed by atoms with Gasteiger partial charge >= 0.3 is 0 Å². The third-order valence-corrected chi connectivity index (χ3v) is 3.57. The van der Waals surface area contributed by atoms with E-state index in [4.69, 9.17) is 34.8 Å². The number of nitrogens with one attached hydrogen (secondary N) is 1. The summed E-state index contributed by atoms with van der Waals surface area (Å²) in [7, 11) is 1.77. The predicted octanol–water partition coefficient (Wildman–Crippen LogP) is 3.29. The second-order valence-electron chi connectivity index (χ2n) is 3.99. The maximum atomic E-state index is 11.8. The topological polar surface area (TPSA) is 32.3 Å². The molecule has 92 valence electrons. The van der Waals surface area contributed by atoms with E-state index >= 15 is 0 Å². The van der Waals surface area contributed by atoms with E-state index in [1.54, 1.807) is 24.1 Å². The standard InChI is InChI=1S/C11H11Cl3N2O/c1-16-3-2-9(11(16)17)15-10-7(13)4-6(12)5-8(10)14/h4-5,9,15H,2-3H2,1H3. The normalized spacial score (nSPS) is 19.9. The van der Waals surface area contributed by atoms with E-state index in [2.05, 4.69) is 5.32 Å². The lowest BCUT2D eigenvalue weighted by atomic mass is 10.2. The van der Waals surface area contributed by atoms with Crippen molar-refractivity contribution in [1.82, 2.24) is 4.90 Å². The van der Waals surface area contributed by atoms with Crippen LogP contribution in [0.4, 0.5) is 5.69 Å². The summed E-state index contributed by atoms with van der Waals surface area (Å²) in [4.78, 5) is 13.4. The maximum Gasteiger partial charge on any atom is 0.244 e. The number of anilines is 1. The predicted molar refractivity (Wildman–Crippen MR) is 71.1 cm³/mol. The molecule has 6 heteroatoms. The number of hydrogen-bond acceptors (Lipinski definition) is 2. The number of likely N-dealkylation sites (tertiary alicyclic amines) is 1. The molecule has 1 saturated heterocycles. The van der Waals surface area contributed by atoms with Crippen molar-refractivity contribution in [3.63, 3.8) is 0 Å². The number of nitrogens with zero attached hydrogens (tertiary/aromatic N) is 1. The van der Waals surface area contributed by atoms with Crippen molar-refractivity contribution >= 4 is 46.4 Å². The van der Waals surface area contributed by atoms with E-state index in [1.165, 1.54) is 0 Å². The monoisotopic (exact) mass is 292 g/mol. The average molecular weight is 294 g/mol. The molecule has 2 rings (SSSR count). The fourth-order valence-electron chi connectivity index (χ4n) is 1.81. The highest BCUT2D eigenvalue weighted by Crippen LogP contribution is 2.34. The van der Waals surface area contributed by atoms with Gasteiger partial charge in [0.05, 0.1) is 15.7 Å². The third kappa shape index (κ3) is 2.62. The van der Waals surface area contributed by atoms with Gasteiger partial charge in [0.15, 0.2) is 0 Å². The Bertz CT molecular complexity index is 441. The first-order valence-electron chi connectivity index (χ1n) is 5.15. The molecule has 0 saturated carbocycles. The van der Waals surface area contributed by atoms with Gasteiger partial charge in [0, 0.05) is 18.6 Å². The molecule has 0 aromatic heterocycles. The minimum Gasteiger partial charge on any atom is -0.371 e. The SMILES string of the molecule is CN1CCC(Nc2c(Cl)cc(Cl)cc2Cl)C1=O. The van der Waals surface area contributed by atoms with Gasteiger partial charge in [0.1, 0.15) is 6.04 Å². The second kappa shape index (κ2) is 4.92. The molecule has 1 heterocycles. The third-order valence-electron chi connectivity index (χ3n) is 2.75. The van der Waals surface area contributed by atoms with Crippen molar-refractivity contribution in [2.75, 3.05) is 18.9 Å². The number of rotatable bonds is 2. The number of carbonyl (C=O) groups is 1. The van der Waals surface area contributed by atoms with Gasteiger partial charge < -0.3 is 10.2 Å². The number of carbonyl (C=O) groups excluding carboxylic acids is 1. The van der Waals surface area contributed by atoms with Crippen LogP contribution in [-0.4, -0.2) is 30.4 Å². The van der Waals surface area contributed by atoms with Crippen molar-refractivity contribution < 1.29 is 4.79 Å². The quantitative estimate of drug-likeness (QED) is 0.907. The van der Waals surface area contributed by atoms with E-state index in [-0.39, 0.29) is 11.9 Å². The van der Waals surface area contributed by atoms with Gasteiger partial charge in [-0.3, -0.25) is 4.79 Å². The first kappa shape index (κ1) is 12.8. The summed E-state index contributed by atoms with van der Waals surface area (Å²) in [5, 5.41) is 4.39. The highest BCUT2D eigenvalue weighted by Gasteiger charge is 2.29. The summed E-state index contributed by atoms with van der Waals surface area (Å²) in [6.07, 6.45) is 0.741. The first-order chi connectivity index (χ1) is 7.99. The molecule has 0 bridgehead atoms. The van der Waals surface area contributed by atoms with Crippen molar-refractivity contribution in [2.45, 2.75) is 12.5 Å². The Morgan fingerprint density at radius 1 is 1.29 bits per heavy atom. The van der Waals surface area contributed by atoms with Crippen molar-refractivity contribution in [3.8, 4) is 0 Å². The summed E-state index contributed by atoms with van der Waals surface area (Å²) in [5.74, 6) is 0.0482. The maximum absolute atomic E-state index is 11.8. The van der Waals surface area contributed by atoms with Gasteiger partial charge in [-0.05, 0) is 18.6 Å². The van der Waals surface area contributed by atoms with Gasteiger partial charge in [-0.1, -0.05) is 34.8 Å². The lowest BCUT2D eigenvalue weighted by Crippen LogP contribution is -2.31. The summed E-state index contributed by atoms with van der Waals surface area (Å²) in [6, 6.07) is 2.93. The van der Waals surface area contributed by atoms with Gasteiger partial charge in [-0.25, -0.2) is 0 Å². The zero-order valence-corrected chi connectivity index (χ0v) is 11.4. The number of hydrogen-bond donors (Lipinski definition) is 1. The molecular formula is C11H11Cl3N2O. The van der Waals surface area contributed by atoms with Crippen LogP contribution in [0.25, 0.3) is 0 Å². The van der Waals surface area contributed by atoms with E-state index in [9.17, 15) is 4.79 Å². The Kier molecular flexibility index (Phi) is 3.71. The molecule has 1 aliphatic heterocycles. The van der Waals surface area contributed by atoms with Crippen LogP contribution in [0.15, 0.2) is 12.1 Å². The van der Waals surface area contributed by atoms with Crippen LogP contribution >= 0.6 is 34.8 Å². The Labute approximate surface area is 115 Å². The Balaban J connectivity index is 2.22. The first-order valence-corrected chi connectivity index (χ1v) is 6.28. The second-order valence-corrected chi connectivity index (χ2v) is 5.24. The molecule has 1 atom stereocenters. The molecule has 1 N–H and O–H groups in total. The summed E-state index contributed by atoms with van der Waals surface area (Å²) in [6.45, 7) is 0.735. The molecule has 1 aromatic rings. The lowest BCUT2D eigenvalue weighted by molar-refractivity contribution is -0.127. The van der Waals surface area contributed by atoms with E-state index in [0.717, 1.165) is 13.0 Å². The molecule has 17 heavy (non-hydrogen) atoms. The molecule has 1 amide bonds. The molecule has 1 fully saturated rings. The van der Waals surface area contributed by atoms with Crippen molar-refractivity contribution in [2.24, 2.45) is 0 Å². The van der Waals surface area contributed by atoms with Crippen LogP contribution in [0.1, 0.15) is 6.42 Å². The van der Waals surface area contributed by atoms with Crippen LogP contribution in [0.3, 0.4) is 0 Å². The minimum absolute atomic E-state index is 0.0482. The van der Waals surface area contributed by atoms with Gasteiger partial charge in [-0.15, -0.1) is 0 Å². The van der Waals surface area contributed by atoms with Crippen LogP contribution in [0, 0.1) is 0 Å². The van der Waals surface area contributed by atoms with E-state index in [1.807, 2.05) is 0 Å². The van der Waals surface area contributed by atoms with E-state index < -0.39 is 0 Å². The molecule has 0 spiro atoms. The Hall–Kier alpha value is -0.640. The zero-order chi connectivity index (χ0) is 12.6. The lowest BCUT2D eigenvalue weighted by Gasteiger charge is -2.16. The molecule has 0 radical (unpaired) electrons. The van der Waals surface area contributed by atoms with Gasteiger partial charge in [0.2, 0.25) is 5.91 Å². The van der Waals surface area contributed by atoms with Crippen LogP contribution in [0.2, 0.25) is 15.1 Å². The molecule has 0 aliphatic carbocycles. The molecule has 1 aromatic carbocycles. The highest BCUT2D eigenvalue weighted by atomic mass is 35.5. The largest absolute Gasteiger partial charge is 0.371 e. The van der Waals surface area contributed by atoms with Crippen molar-refractivity contribution in [1.29, 1.82) is 0 Å². The molecule has 1 unspecified atom stereocenters. The number of likely N-dealkylation sites (N-methyl/N-ethyl adjacent to an activating group) is 1. The zero-order valence-electron chi connectivity index (χ0n) is 9.14. The average Bonchev–Trinajstić information content (AvgIpc) is 2.54. The summed E-state index contributed by atoms with van der Waals surface area (Å²) >= 11 is 17.9. The molecule has 3 nitrogen and oxygen atoms in total. The number of halogens is 3. The minimum atomic E-state index is -0.267. The smallest absolute Gasteiger partial charge is 0.244 e. The van der Waals surface area contributed by atoms with Crippen LogP contribution < -0.4 is 5.32 Å². The fourth-order valence-corrected chi connectivity index (χ4v) is 2.74. The molecular weight excluding hydrogens is 282 g/mol. The summed E-state index contributed by atoms with van der Waals surface area (Å²) in [5.41, 5.74) is 0.561. The number of benzene rings is 1. The van der Waals surface area contributed by atoms with Crippen molar-refractivity contribution in [3.05, 3.63) is 27.2 Å². The van der Waals surface area contributed by atoms with E-state index in [0.29, 0.717) is 20.8 Å². The van der Waals surface area contributed by atoms with Crippen LogP contribution in [-0.2, 0) is 4.79 Å². The fraction of sp³-hybridized carbons (Fsp3) is 0.364.